The summed E-state index contributed by atoms with van der Waals surface area (Å²) in [4.78, 5) is 0. The van der Waals surface area contributed by atoms with Crippen molar-refractivity contribution in [3.63, 3.8) is 0 Å². The summed E-state index contributed by atoms with van der Waals surface area (Å²) in [5, 5.41) is 16.6. The molecule has 0 saturated heterocycles. The van der Waals surface area contributed by atoms with Gasteiger partial charge < -0.3 is 0 Å². The van der Waals surface area contributed by atoms with Gasteiger partial charge in [-0.25, -0.2) is 4.68 Å². The van der Waals surface area contributed by atoms with Crippen LogP contribution < -0.4 is 0 Å². The van der Waals surface area contributed by atoms with Gasteiger partial charge in [0, 0.05) is 11.5 Å². The number of fused-ring (bicyclic) bond motifs is 1. The molecule has 0 N–H and O–H groups in total. The fourth-order valence-corrected chi connectivity index (χ4v) is 1.56. The Morgan fingerprint density at radius 2 is 2.31 bits per heavy atom. The molecule has 0 spiro atoms. The van der Waals surface area contributed by atoms with E-state index in [-0.39, 0.29) is 0 Å². The van der Waals surface area contributed by atoms with Crippen LogP contribution in [0.1, 0.15) is 5.56 Å². The molecule has 2 rings (SSSR count). The van der Waals surface area contributed by atoms with E-state index in [0.29, 0.717) is 5.56 Å². The lowest BCUT2D eigenvalue weighted by Gasteiger charge is -1.95. The zero-order valence-electron chi connectivity index (χ0n) is 6.82. The fraction of sp³-hybridized carbons (Fsp3) is 0.125. The van der Waals surface area contributed by atoms with E-state index in [1.54, 1.807) is 23.9 Å². The van der Waals surface area contributed by atoms with Gasteiger partial charge in [0.1, 0.15) is 11.6 Å². The predicted molar refractivity (Wildman–Crippen MR) is 50.9 cm³/mol. The summed E-state index contributed by atoms with van der Waals surface area (Å²) in [6.07, 6.45) is 0. The normalized spacial score (nSPS) is 10.2. The van der Waals surface area contributed by atoms with Gasteiger partial charge in [-0.2, -0.15) is 5.26 Å². The molecule has 13 heavy (non-hydrogen) atoms. The molecule has 0 radical (unpaired) electrons. The van der Waals surface area contributed by atoms with Gasteiger partial charge in [0.25, 0.3) is 0 Å². The van der Waals surface area contributed by atoms with E-state index in [1.165, 1.54) is 0 Å². The molecule has 0 fully saturated rings. The van der Waals surface area contributed by atoms with E-state index in [9.17, 15) is 0 Å². The number of benzene rings is 1. The van der Waals surface area contributed by atoms with E-state index in [2.05, 4.69) is 32.3 Å². The summed E-state index contributed by atoms with van der Waals surface area (Å²) in [7, 11) is 1.80. The van der Waals surface area contributed by atoms with E-state index in [0.717, 1.165) is 15.5 Å². The van der Waals surface area contributed by atoms with Crippen LogP contribution in [0.4, 0.5) is 0 Å². The van der Waals surface area contributed by atoms with Crippen molar-refractivity contribution in [2.45, 2.75) is 0 Å². The van der Waals surface area contributed by atoms with E-state index in [1.807, 2.05) is 0 Å². The standard InChI is InChI=1S/C8H5BrN4/c1-13-8-2-5(4-10)6(9)3-7(8)11-12-13/h2-3H,1H3. The van der Waals surface area contributed by atoms with Gasteiger partial charge in [-0.1, -0.05) is 5.21 Å². The number of aromatic nitrogens is 3. The molecular formula is C8H5BrN4. The van der Waals surface area contributed by atoms with Crippen molar-refractivity contribution in [1.29, 1.82) is 5.26 Å². The topological polar surface area (TPSA) is 54.5 Å². The maximum atomic E-state index is 8.78. The van der Waals surface area contributed by atoms with Crippen LogP contribution in [0.3, 0.4) is 0 Å². The third-order valence-corrected chi connectivity index (χ3v) is 2.48. The van der Waals surface area contributed by atoms with Crippen LogP contribution >= 0.6 is 15.9 Å². The Labute approximate surface area is 82.9 Å². The number of rotatable bonds is 0. The molecule has 4 nitrogen and oxygen atoms in total. The zero-order valence-corrected chi connectivity index (χ0v) is 8.41. The molecule has 0 aliphatic carbocycles. The highest BCUT2D eigenvalue weighted by atomic mass is 79.9. The van der Waals surface area contributed by atoms with Crippen molar-refractivity contribution in [2.24, 2.45) is 7.05 Å². The highest BCUT2D eigenvalue weighted by Crippen LogP contribution is 2.21. The van der Waals surface area contributed by atoms with E-state index < -0.39 is 0 Å². The van der Waals surface area contributed by atoms with Crippen LogP contribution in [0.5, 0.6) is 0 Å². The van der Waals surface area contributed by atoms with Gasteiger partial charge in [0.15, 0.2) is 0 Å². The first kappa shape index (κ1) is 8.20. The first-order chi connectivity index (χ1) is 6.22. The predicted octanol–water partition coefficient (Wildman–Crippen LogP) is 1.60. The molecule has 0 unspecified atom stereocenters. The van der Waals surface area contributed by atoms with E-state index in [4.69, 9.17) is 5.26 Å². The Balaban J connectivity index is 2.86. The smallest absolute Gasteiger partial charge is 0.114 e. The Hall–Kier alpha value is -1.41. The number of hydrogen-bond acceptors (Lipinski definition) is 3. The molecule has 64 valence electrons. The Kier molecular flexibility index (Phi) is 1.78. The third kappa shape index (κ3) is 1.19. The largest absolute Gasteiger partial charge is 0.248 e. The minimum absolute atomic E-state index is 0.595. The lowest BCUT2D eigenvalue weighted by atomic mass is 10.2. The maximum Gasteiger partial charge on any atom is 0.114 e. The molecule has 0 amide bonds. The summed E-state index contributed by atoms with van der Waals surface area (Å²) < 4.78 is 2.39. The number of aryl methyl sites for hydroxylation is 1. The van der Waals surface area contributed by atoms with Gasteiger partial charge in [0.2, 0.25) is 0 Å². The van der Waals surface area contributed by atoms with Crippen LogP contribution in [0, 0.1) is 11.3 Å². The number of nitriles is 1. The second-order valence-corrected chi connectivity index (χ2v) is 3.50. The molecule has 1 aromatic heterocycles. The van der Waals surface area contributed by atoms with Gasteiger partial charge in [0.05, 0.1) is 11.1 Å². The summed E-state index contributed by atoms with van der Waals surface area (Å²) in [5.74, 6) is 0. The molecule has 5 heteroatoms. The van der Waals surface area contributed by atoms with E-state index >= 15 is 0 Å². The molecule has 0 aliphatic heterocycles. The summed E-state index contributed by atoms with van der Waals surface area (Å²) >= 11 is 3.29. The molecule has 0 aliphatic rings. The van der Waals surface area contributed by atoms with Crippen LogP contribution in [0.25, 0.3) is 11.0 Å². The van der Waals surface area contributed by atoms with Crippen LogP contribution in [-0.2, 0) is 7.05 Å². The third-order valence-electron chi connectivity index (χ3n) is 1.82. The summed E-state index contributed by atoms with van der Waals surface area (Å²) in [6, 6.07) is 5.64. The first-order valence-corrected chi connectivity index (χ1v) is 4.40. The summed E-state index contributed by atoms with van der Waals surface area (Å²) in [5.41, 5.74) is 2.24. The molecular weight excluding hydrogens is 232 g/mol. The molecule has 2 aromatic rings. The molecule has 1 heterocycles. The van der Waals surface area contributed by atoms with Crippen molar-refractivity contribution < 1.29 is 0 Å². The van der Waals surface area contributed by atoms with Crippen LogP contribution in [0.15, 0.2) is 16.6 Å². The van der Waals surface area contributed by atoms with Gasteiger partial charge >= 0.3 is 0 Å². The number of nitrogens with zero attached hydrogens (tertiary/aromatic N) is 4. The lowest BCUT2D eigenvalue weighted by Crippen LogP contribution is -1.89. The maximum absolute atomic E-state index is 8.78. The van der Waals surface area contributed by atoms with Gasteiger partial charge in [-0.05, 0) is 28.1 Å². The average Bonchev–Trinajstić information content (AvgIpc) is 2.46. The Bertz CT molecular complexity index is 509. The van der Waals surface area contributed by atoms with Crippen LogP contribution in [-0.4, -0.2) is 15.0 Å². The Morgan fingerprint density at radius 3 is 3.00 bits per heavy atom. The van der Waals surface area contributed by atoms with Crippen molar-refractivity contribution in [3.8, 4) is 6.07 Å². The quantitative estimate of drug-likeness (QED) is 0.699. The minimum Gasteiger partial charge on any atom is -0.248 e. The summed E-state index contributed by atoms with van der Waals surface area (Å²) in [6.45, 7) is 0. The Morgan fingerprint density at radius 1 is 1.54 bits per heavy atom. The lowest BCUT2D eigenvalue weighted by molar-refractivity contribution is 0.736. The second kappa shape index (κ2) is 2.82. The average molecular weight is 237 g/mol. The van der Waals surface area contributed by atoms with Crippen molar-refractivity contribution >= 4 is 27.0 Å². The SMILES string of the molecule is Cn1nnc2cc(Br)c(C#N)cc21. The van der Waals surface area contributed by atoms with Crippen molar-refractivity contribution in [2.75, 3.05) is 0 Å². The molecule has 0 bridgehead atoms. The minimum atomic E-state index is 0.595. The molecule has 1 aromatic carbocycles. The monoisotopic (exact) mass is 236 g/mol. The molecule has 0 atom stereocenters. The van der Waals surface area contributed by atoms with Crippen molar-refractivity contribution in [3.05, 3.63) is 22.2 Å². The second-order valence-electron chi connectivity index (χ2n) is 2.65. The highest BCUT2D eigenvalue weighted by Gasteiger charge is 2.06. The fourth-order valence-electron chi connectivity index (χ4n) is 1.14. The van der Waals surface area contributed by atoms with Gasteiger partial charge in [-0.15, -0.1) is 5.10 Å². The van der Waals surface area contributed by atoms with Crippen molar-refractivity contribution in [1.82, 2.24) is 15.0 Å². The van der Waals surface area contributed by atoms with Crippen LogP contribution in [0.2, 0.25) is 0 Å². The number of halogens is 1. The highest BCUT2D eigenvalue weighted by molar-refractivity contribution is 9.10. The molecule has 0 saturated carbocycles. The van der Waals surface area contributed by atoms with Gasteiger partial charge in [-0.3, -0.25) is 0 Å². The first-order valence-electron chi connectivity index (χ1n) is 3.61. The zero-order chi connectivity index (χ0) is 9.42. The number of hydrogen-bond donors (Lipinski definition) is 0.